The average Bonchev–Trinajstić information content (AvgIpc) is 2.73. The second kappa shape index (κ2) is 5.19. The molecule has 0 radical (unpaired) electrons. The summed E-state index contributed by atoms with van der Waals surface area (Å²) in [5.41, 5.74) is 5.29. The highest BCUT2D eigenvalue weighted by Crippen LogP contribution is 2.26. The summed E-state index contributed by atoms with van der Waals surface area (Å²) in [5, 5.41) is 15.0. The first-order valence-electron chi connectivity index (χ1n) is 5.18. The number of nitrogen functional groups attached to an aromatic ring is 1. The van der Waals surface area contributed by atoms with Crippen LogP contribution in [-0.4, -0.2) is 4.92 Å². The molecule has 0 saturated carbocycles. The van der Waals surface area contributed by atoms with Crippen molar-refractivity contribution in [1.82, 2.24) is 0 Å². The molecule has 0 bridgehead atoms. The number of thiophene rings is 1. The Morgan fingerprint density at radius 2 is 2.11 bits per heavy atom. The minimum absolute atomic E-state index is 0.138. The van der Waals surface area contributed by atoms with E-state index in [-0.39, 0.29) is 12.2 Å². The predicted molar refractivity (Wildman–Crippen MR) is 69.1 cm³/mol. The van der Waals surface area contributed by atoms with Gasteiger partial charge >= 0.3 is 5.69 Å². The third-order valence-corrected chi connectivity index (χ3v) is 3.39. The fourth-order valence-electron chi connectivity index (χ4n) is 1.48. The van der Waals surface area contributed by atoms with Crippen molar-refractivity contribution >= 4 is 28.4 Å². The summed E-state index contributed by atoms with van der Waals surface area (Å²) in [6.45, 7) is 0.212. The third-order valence-electron chi connectivity index (χ3n) is 2.45. The Kier molecular flexibility index (Phi) is 3.61. The van der Waals surface area contributed by atoms with Crippen molar-refractivity contribution in [2.75, 3.05) is 11.1 Å². The van der Waals surface area contributed by atoms with Crippen molar-refractivity contribution in [1.29, 1.82) is 0 Å². The van der Waals surface area contributed by atoms with Crippen LogP contribution in [-0.2, 0) is 6.54 Å². The molecule has 1 aromatic carbocycles. The fourth-order valence-corrected chi connectivity index (χ4v) is 2.22. The molecule has 0 spiro atoms. The molecule has 0 atom stereocenters. The summed E-state index contributed by atoms with van der Waals surface area (Å²) in [5.74, 6) is -2.10. The second-order valence-corrected chi connectivity index (χ2v) is 4.69. The number of nitrogens with zero attached hydrogens (tertiary/aromatic N) is 1. The smallest absolute Gasteiger partial charge is 0.307 e. The first-order valence-corrected chi connectivity index (χ1v) is 6.06. The number of hydrogen-bond acceptors (Lipinski definition) is 5. The van der Waals surface area contributed by atoms with Gasteiger partial charge in [0.25, 0.3) is 0 Å². The van der Waals surface area contributed by atoms with Crippen LogP contribution in [0.2, 0.25) is 0 Å². The summed E-state index contributed by atoms with van der Waals surface area (Å²) in [6, 6.07) is 3.01. The van der Waals surface area contributed by atoms with Crippen LogP contribution < -0.4 is 11.1 Å². The molecule has 1 aromatic heterocycles. The van der Waals surface area contributed by atoms with Crippen LogP contribution in [0.25, 0.3) is 0 Å². The number of nitrogens with one attached hydrogen (secondary N) is 1. The molecule has 2 aromatic rings. The minimum atomic E-state index is -1.20. The van der Waals surface area contributed by atoms with Gasteiger partial charge in [-0.2, -0.15) is 4.39 Å². The number of halogens is 2. The van der Waals surface area contributed by atoms with Crippen molar-refractivity contribution < 1.29 is 13.7 Å². The molecule has 2 rings (SSSR count). The molecule has 8 heteroatoms. The summed E-state index contributed by atoms with van der Waals surface area (Å²) < 4.78 is 26.6. The lowest BCUT2D eigenvalue weighted by molar-refractivity contribution is -0.387. The highest BCUT2D eigenvalue weighted by atomic mass is 32.1. The molecule has 0 unspecified atom stereocenters. The van der Waals surface area contributed by atoms with E-state index in [1.165, 1.54) is 11.3 Å². The van der Waals surface area contributed by atoms with Gasteiger partial charge in [-0.3, -0.25) is 10.1 Å². The monoisotopic (exact) mass is 285 g/mol. The molecular formula is C11H9F2N3O2S. The first-order chi connectivity index (χ1) is 8.99. The SMILES string of the molecule is Nc1ccsc1CNc1cc([N+](=O)[O-])c(F)cc1F. The molecule has 0 aliphatic heterocycles. The minimum Gasteiger partial charge on any atom is -0.398 e. The molecular weight excluding hydrogens is 276 g/mol. The van der Waals surface area contributed by atoms with Crippen LogP contribution in [0, 0.1) is 21.7 Å². The van der Waals surface area contributed by atoms with E-state index in [0.717, 1.165) is 10.9 Å². The maximum atomic E-state index is 13.5. The highest BCUT2D eigenvalue weighted by molar-refractivity contribution is 7.10. The largest absolute Gasteiger partial charge is 0.398 e. The number of nitro benzene ring substituents is 1. The summed E-state index contributed by atoms with van der Waals surface area (Å²) in [7, 11) is 0. The Hall–Kier alpha value is -2.22. The van der Waals surface area contributed by atoms with Crippen LogP contribution in [0.1, 0.15) is 4.88 Å². The molecule has 100 valence electrons. The van der Waals surface area contributed by atoms with E-state index in [9.17, 15) is 18.9 Å². The van der Waals surface area contributed by atoms with Gasteiger partial charge < -0.3 is 11.1 Å². The molecule has 1 heterocycles. The van der Waals surface area contributed by atoms with Gasteiger partial charge in [0, 0.05) is 22.7 Å². The molecule has 19 heavy (non-hydrogen) atoms. The van der Waals surface area contributed by atoms with Crippen molar-refractivity contribution in [3.63, 3.8) is 0 Å². The van der Waals surface area contributed by atoms with E-state index in [1.807, 2.05) is 0 Å². The molecule has 0 aliphatic carbocycles. The Bertz CT molecular complexity index is 630. The quantitative estimate of drug-likeness (QED) is 0.668. The topological polar surface area (TPSA) is 81.2 Å². The van der Waals surface area contributed by atoms with Gasteiger partial charge in [-0.15, -0.1) is 11.3 Å². The Labute approximate surface area is 110 Å². The molecule has 0 amide bonds. The van der Waals surface area contributed by atoms with Crippen LogP contribution in [0.4, 0.5) is 25.8 Å². The maximum Gasteiger partial charge on any atom is 0.307 e. The molecule has 0 aliphatic rings. The van der Waals surface area contributed by atoms with Crippen LogP contribution in [0.5, 0.6) is 0 Å². The van der Waals surface area contributed by atoms with Crippen molar-refractivity contribution in [2.45, 2.75) is 6.54 Å². The number of rotatable bonds is 4. The van der Waals surface area contributed by atoms with Gasteiger partial charge in [0.1, 0.15) is 5.82 Å². The summed E-state index contributed by atoms with van der Waals surface area (Å²) >= 11 is 1.37. The average molecular weight is 285 g/mol. The van der Waals surface area contributed by atoms with Crippen LogP contribution >= 0.6 is 11.3 Å². The van der Waals surface area contributed by atoms with E-state index < -0.39 is 22.2 Å². The van der Waals surface area contributed by atoms with Crippen molar-refractivity contribution in [3.8, 4) is 0 Å². The number of benzene rings is 1. The molecule has 0 fully saturated rings. The highest BCUT2D eigenvalue weighted by Gasteiger charge is 2.18. The normalized spacial score (nSPS) is 10.4. The van der Waals surface area contributed by atoms with E-state index >= 15 is 0 Å². The summed E-state index contributed by atoms with van der Waals surface area (Å²) in [6.07, 6.45) is 0. The Morgan fingerprint density at radius 3 is 2.68 bits per heavy atom. The lowest BCUT2D eigenvalue weighted by Gasteiger charge is -2.07. The second-order valence-electron chi connectivity index (χ2n) is 3.69. The zero-order valence-electron chi connectivity index (χ0n) is 9.52. The molecule has 5 nitrogen and oxygen atoms in total. The lowest BCUT2D eigenvalue weighted by atomic mass is 10.2. The summed E-state index contributed by atoms with van der Waals surface area (Å²) in [4.78, 5) is 10.4. The number of nitrogens with two attached hydrogens (primary N) is 1. The van der Waals surface area contributed by atoms with Crippen LogP contribution in [0.15, 0.2) is 23.6 Å². The van der Waals surface area contributed by atoms with Crippen LogP contribution in [0.3, 0.4) is 0 Å². The maximum absolute atomic E-state index is 13.5. The van der Waals surface area contributed by atoms with Crippen molar-refractivity contribution in [2.24, 2.45) is 0 Å². The van der Waals surface area contributed by atoms with Gasteiger partial charge in [-0.1, -0.05) is 0 Å². The van der Waals surface area contributed by atoms with E-state index in [0.29, 0.717) is 11.8 Å². The fraction of sp³-hybridized carbons (Fsp3) is 0.0909. The number of hydrogen-bond donors (Lipinski definition) is 2. The zero-order valence-corrected chi connectivity index (χ0v) is 10.3. The van der Waals surface area contributed by atoms with Gasteiger partial charge in [0.15, 0.2) is 0 Å². The lowest BCUT2D eigenvalue weighted by Crippen LogP contribution is -2.04. The van der Waals surface area contributed by atoms with Gasteiger partial charge in [0.05, 0.1) is 17.2 Å². The van der Waals surface area contributed by atoms with Gasteiger partial charge in [-0.25, -0.2) is 4.39 Å². The Morgan fingerprint density at radius 1 is 1.37 bits per heavy atom. The zero-order chi connectivity index (χ0) is 14.0. The standard InChI is InChI=1S/C11H9F2N3O2S/c12-6-3-7(13)10(16(17)18)4-9(6)15-5-11-8(14)1-2-19-11/h1-4,15H,5,14H2. The van der Waals surface area contributed by atoms with Crippen molar-refractivity contribution in [3.05, 3.63) is 50.2 Å². The third kappa shape index (κ3) is 2.79. The predicted octanol–water partition coefficient (Wildman–Crippen LogP) is 3.13. The van der Waals surface area contributed by atoms with E-state index in [4.69, 9.17) is 5.73 Å². The van der Waals surface area contributed by atoms with Gasteiger partial charge in [-0.05, 0) is 11.4 Å². The Balaban J connectivity index is 2.23. The first kappa shape index (κ1) is 13.2. The number of anilines is 2. The van der Waals surface area contributed by atoms with Gasteiger partial charge in [0.2, 0.25) is 5.82 Å². The molecule has 0 saturated heterocycles. The number of nitro groups is 1. The van der Waals surface area contributed by atoms with E-state index in [2.05, 4.69) is 5.32 Å². The van der Waals surface area contributed by atoms with E-state index in [1.54, 1.807) is 11.4 Å². The molecule has 3 N–H and O–H groups in total.